The second-order valence-corrected chi connectivity index (χ2v) is 6.66. The van der Waals surface area contributed by atoms with E-state index >= 15 is 0 Å². The van der Waals surface area contributed by atoms with E-state index in [2.05, 4.69) is 23.0 Å². The van der Waals surface area contributed by atoms with Gasteiger partial charge in [-0.05, 0) is 43.9 Å². The summed E-state index contributed by atoms with van der Waals surface area (Å²) in [4.78, 5) is 26.1. The van der Waals surface area contributed by atoms with Crippen molar-refractivity contribution in [3.8, 4) is 0 Å². The van der Waals surface area contributed by atoms with Gasteiger partial charge < -0.3 is 9.80 Å². The molecule has 132 valence electrons. The minimum Gasteiger partial charge on any atom is -0.344 e. The van der Waals surface area contributed by atoms with Gasteiger partial charge in [-0.25, -0.2) is 9.97 Å². The van der Waals surface area contributed by atoms with Gasteiger partial charge in [0.05, 0.1) is 0 Å². The molecule has 0 radical (unpaired) electrons. The number of hydrogen-bond donors (Lipinski definition) is 0. The summed E-state index contributed by atoms with van der Waals surface area (Å²) in [6.45, 7) is 5.70. The molecule has 1 amide bonds. The van der Waals surface area contributed by atoms with Crippen LogP contribution in [-0.4, -0.2) is 36.0 Å². The summed E-state index contributed by atoms with van der Waals surface area (Å²) < 4.78 is 0. The highest BCUT2D eigenvalue weighted by molar-refractivity contribution is 6.05. The normalized spacial score (nSPS) is 13.5. The topological polar surface area (TPSA) is 49.3 Å². The lowest BCUT2D eigenvalue weighted by atomic mass is 10.0. The number of carbonyl (C=O) groups excluding carboxylic acids is 1. The summed E-state index contributed by atoms with van der Waals surface area (Å²) in [5.41, 5.74) is 3.54. The van der Waals surface area contributed by atoms with Gasteiger partial charge in [0, 0.05) is 31.5 Å². The number of hydrogen-bond acceptors (Lipinski definition) is 4. The van der Waals surface area contributed by atoms with Crippen LogP contribution >= 0.6 is 0 Å². The summed E-state index contributed by atoms with van der Waals surface area (Å²) in [5, 5.41) is 0. The Bertz CT molecular complexity index is 759. The Balaban J connectivity index is 1.89. The SMILES string of the molecule is CCCCN(C)c1nc(C)cc(C(=O)N2CCCc3ccccc32)n1. The van der Waals surface area contributed by atoms with Crippen LogP contribution in [0.25, 0.3) is 0 Å². The van der Waals surface area contributed by atoms with E-state index in [-0.39, 0.29) is 5.91 Å². The summed E-state index contributed by atoms with van der Waals surface area (Å²) >= 11 is 0. The zero-order valence-corrected chi connectivity index (χ0v) is 15.3. The lowest BCUT2D eigenvalue weighted by molar-refractivity contribution is 0.0980. The molecule has 2 heterocycles. The largest absolute Gasteiger partial charge is 0.344 e. The Morgan fingerprint density at radius 2 is 2.08 bits per heavy atom. The number of aryl methyl sites for hydroxylation is 2. The van der Waals surface area contributed by atoms with Gasteiger partial charge in [-0.1, -0.05) is 31.5 Å². The highest BCUT2D eigenvalue weighted by Gasteiger charge is 2.25. The fourth-order valence-electron chi connectivity index (χ4n) is 3.21. The highest BCUT2D eigenvalue weighted by atomic mass is 16.2. The zero-order chi connectivity index (χ0) is 17.8. The van der Waals surface area contributed by atoms with E-state index in [9.17, 15) is 4.79 Å². The van der Waals surface area contributed by atoms with Gasteiger partial charge in [0.1, 0.15) is 5.69 Å². The van der Waals surface area contributed by atoms with E-state index in [0.29, 0.717) is 11.6 Å². The summed E-state index contributed by atoms with van der Waals surface area (Å²) in [7, 11) is 1.98. The van der Waals surface area contributed by atoms with Gasteiger partial charge >= 0.3 is 0 Å². The van der Waals surface area contributed by atoms with E-state index in [1.807, 2.05) is 42.0 Å². The maximum absolute atomic E-state index is 13.1. The Hall–Kier alpha value is -2.43. The van der Waals surface area contributed by atoms with Crippen molar-refractivity contribution in [2.45, 2.75) is 39.5 Å². The molecule has 0 spiro atoms. The highest BCUT2D eigenvalue weighted by Crippen LogP contribution is 2.28. The Morgan fingerprint density at radius 1 is 1.28 bits per heavy atom. The average molecular weight is 338 g/mol. The number of rotatable bonds is 5. The Morgan fingerprint density at radius 3 is 2.88 bits per heavy atom. The maximum atomic E-state index is 13.1. The molecule has 0 bridgehead atoms. The van der Waals surface area contributed by atoms with E-state index in [4.69, 9.17) is 0 Å². The van der Waals surface area contributed by atoms with Crippen LogP contribution < -0.4 is 9.80 Å². The van der Waals surface area contributed by atoms with Gasteiger partial charge in [-0.2, -0.15) is 0 Å². The third kappa shape index (κ3) is 3.81. The van der Waals surface area contributed by atoms with Crippen LogP contribution in [0.2, 0.25) is 0 Å². The molecule has 0 unspecified atom stereocenters. The van der Waals surface area contributed by atoms with Gasteiger partial charge in [0.2, 0.25) is 5.95 Å². The number of carbonyl (C=O) groups is 1. The molecule has 2 aromatic rings. The summed E-state index contributed by atoms with van der Waals surface area (Å²) in [6.07, 6.45) is 4.20. The van der Waals surface area contributed by atoms with Crippen LogP contribution in [-0.2, 0) is 6.42 Å². The van der Waals surface area contributed by atoms with Gasteiger partial charge in [-0.15, -0.1) is 0 Å². The van der Waals surface area contributed by atoms with E-state index < -0.39 is 0 Å². The smallest absolute Gasteiger partial charge is 0.277 e. The average Bonchev–Trinajstić information content (AvgIpc) is 2.64. The van der Waals surface area contributed by atoms with E-state index in [1.54, 1.807) is 6.07 Å². The molecular weight excluding hydrogens is 312 g/mol. The molecule has 0 N–H and O–H groups in total. The van der Waals surface area contributed by atoms with Crippen LogP contribution in [0.4, 0.5) is 11.6 Å². The Kier molecular flexibility index (Phi) is 5.31. The molecule has 1 aromatic heterocycles. The summed E-state index contributed by atoms with van der Waals surface area (Å²) in [6, 6.07) is 9.93. The molecule has 0 atom stereocenters. The van der Waals surface area contributed by atoms with Crippen LogP contribution in [0, 0.1) is 6.92 Å². The van der Waals surface area contributed by atoms with Crippen molar-refractivity contribution in [3.05, 3.63) is 47.3 Å². The first-order chi connectivity index (χ1) is 12.1. The number of nitrogens with zero attached hydrogens (tertiary/aromatic N) is 4. The molecule has 1 aromatic carbocycles. The first kappa shape index (κ1) is 17.4. The van der Waals surface area contributed by atoms with Gasteiger partial charge in [0.15, 0.2) is 0 Å². The van der Waals surface area contributed by atoms with Crippen molar-refractivity contribution < 1.29 is 4.79 Å². The fourth-order valence-corrected chi connectivity index (χ4v) is 3.21. The quantitative estimate of drug-likeness (QED) is 0.835. The number of benzene rings is 1. The van der Waals surface area contributed by atoms with Crippen LogP contribution in [0.3, 0.4) is 0 Å². The van der Waals surface area contributed by atoms with Crippen molar-refractivity contribution >= 4 is 17.5 Å². The molecule has 3 rings (SSSR count). The third-order valence-electron chi connectivity index (χ3n) is 4.61. The molecule has 0 aliphatic carbocycles. The number of aromatic nitrogens is 2. The predicted molar refractivity (Wildman–Crippen MR) is 101 cm³/mol. The molecule has 0 saturated carbocycles. The number of anilines is 2. The monoisotopic (exact) mass is 338 g/mol. The molecular formula is C20H26N4O. The van der Waals surface area contributed by atoms with Crippen LogP contribution in [0.5, 0.6) is 0 Å². The standard InChI is InChI=1S/C20H26N4O/c1-4-5-12-23(3)20-21-15(2)14-17(22-20)19(25)24-13-8-10-16-9-6-7-11-18(16)24/h6-7,9,11,14H,4-5,8,10,12-13H2,1-3H3. The van der Waals surface area contributed by atoms with Crippen LogP contribution in [0.1, 0.15) is 47.9 Å². The first-order valence-corrected chi connectivity index (χ1v) is 9.06. The predicted octanol–water partition coefficient (Wildman–Crippen LogP) is 3.61. The molecule has 0 fully saturated rings. The summed E-state index contributed by atoms with van der Waals surface area (Å²) in [5.74, 6) is 0.588. The van der Waals surface area contributed by atoms with Gasteiger partial charge in [-0.3, -0.25) is 4.79 Å². The van der Waals surface area contributed by atoms with Gasteiger partial charge in [0.25, 0.3) is 5.91 Å². The molecule has 0 saturated heterocycles. The molecule has 5 heteroatoms. The molecule has 25 heavy (non-hydrogen) atoms. The van der Waals surface area contributed by atoms with E-state index in [1.165, 1.54) is 5.56 Å². The van der Waals surface area contributed by atoms with E-state index in [0.717, 1.165) is 50.2 Å². The number of para-hydroxylation sites is 1. The number of amides is 1. The zero-order valence-electron chi connectivity index (χ0n) is 15.3. The maximum Gasteiger partial charge on any atom is 0.277 e. The van der Waals surface area contributed by atoms with Crippen molar-refractivity contribution in [3.63, 3.8) is 0 Å². The number of fused-ring (bicyclic) bond motifs is 1. The lowest BCUT2D eigenvalue weighted by Crippen LogP contribution is -2.36. The minimum absolute atomic E-state index is 0.0391. The molecule has 1 aliphatic rings. The van der Waals surface area contributed by atoms with Crippen LogP contribution in [0.15, 0.2) is 30.3 Å². The van der Waals surface area contributed by atoms with Crippen molar-refractivity contribution in [1.82, 2.24) is 9.97 Å². The second kappa shape index (κ2) is 7.64. The first-order valence-electron chi connectivity index (χ1n) is 9.06. The van der Waals surface area contributed by atoms with Crippen molar-refractivity contribution in [2.24, 2.45) is 0 Å². The minimum atomic E-state index is -0.0391. The molecule has 5 nitrogen and oxygen atoms in total. The molecule has 1 aliphatic heterocycles. The van der Waals surface area contributed by atoms with Crippen molar-refractivity contribution in [2.75, 3.05) is 29.9 Å². The van der Waals surface area contributed by atoms with Crippen molar-refractivity contribution in [1.29, 1.82) is 0 Å². The Labute approximate surface area is 149 Å². The number of unbranched alkanes of at least 4 members (excludes halogenated alkanes) is 1. The third-order valence-corrected chi connectivity index (χ3v) is 4.61. The lowest BCUT2D eigenvalue weighted by Gasteiger charge is -2.29. The second-order valence-electron chi connectivity index (χ2n) is 6.66. The fraction of sp³-hybridized carbons (Fsp3) is 0.450.